The fourth-order valence-electron chi connectivity index (χ4n) is 1.13. The minimum atomic E-state index is -1.07. The first-order chi connectivity index (χ1) is 6.59. The Morgan fingerprint density at radius 2 is 2.50 bits per heavy atom. The van der Waals surface area contributed by atoms with E-state index in [9.17, 15) is 4.79 Å². The zero-order valence-corrected chi connectivity index (χ0v) is 7.91. The van der Waals surface area contributed by atoms with Crippen LogP contribution < -0.4 is 5.32 Å². The molecule has 0 bridgehead atoms. The average molecular weight is 196 g/mol. The molecule has 1 fully saturated rings. The van der Waals surface area contributed by atoms with Gasteiger partial charge in [0.1, 0.15) is 6.26 Å². The predicted molar refractivity (Wildman–Crippen MR) is 49.3 cm³/mol. The van der Waals surface area contributed by atoms with Crippen LogP contribution in [0.3, 0.4) is 0 Å². The Morgan fingerprint density at radius 3 is 3.00 bits per heavy atom. The van der Waals surface area contributed by atoms with Crippen LogP contribution in [0.5, 0.6) is 0 Å². The molecule has 0 atom stereocenters. The normalized spacial score (nSPS) is 17.8. The summed E-state index contributed by atoms with van der Waals surface area (Å²) in [7, 11) is 0. The highest BCUT2D eigenvalue weighted by Crippen LogP contribution is 2.44. The summed E-state index contributed by atoms with van der Waals surface area (Å²) >= 11 is 0. The van der Waals surface area contributed by atoms with Crippen molar-refractivity contribution < 1.29 is 14.3 Å². The van der Waals surface area contributed by atoms with Crippen molar-refractivity contribution in [1.29, 1.82) is 0 Å². The first kappa shape index (κ1) is 9.05. The molecule has 0 radical (unpaired) electrons. The summed E-state index contributed by atoms with van der Waals surface area (Å²) in [6, 6.07) is 0.288. The Morgan fingerprint density at radius 1 is 1.79 bits per heavy atom. The van der Waals surface area contributed by atoms with Crippen LogP contribution in [0.4, 0.5) is 6.01 Å². The topological polar surface area (TPSA) is 75.4 Å². The summed E-state index contributed by atoms with van der Waals surface area (Å²) < 4.78 is 4.95. The second-order valence-electron chi connectivity index (χ2n) is 4.01. The van der Waals surface area contributed by atoms with Gasteiger partial charge in [0.2, 0.25) is 0 Å². The molecule has 2 rings (SSSR count). The van der Waals surface area contributed by atoms with Gasteiger partial charge in [0.25, 0.3) is 6.01 Å². The Balaban J connectivity index is 1.93. The molecule has 1 aliphatic rings. The first-order valence-corrected chi connectivity index (χ1v) is 4.52. The van der Waals surface area contributed by atoms with Gasteiger partial charge in [0.05, 0.1) is 0 Å². The van der Waals surface area contributed by atoms with Crippen LogP contribution in [0.2, 0.25) is 0 Å². The SMILES string of the molecule is CC1(CNc2nc(C(=O)O)co2)CC1. The van der Waals surface area contributed by atoms with Crippen LogP contribution in [0.25, 0.3) is 0 Å². The van der Waals surface area contributed by atoms with Gasteiger partial charge >= 0.3 is 5.97 Å². The molecule has 76 valence electrons. The zero-order chi connectivity index (χ0) is 10.2. The van der Waals surface area contributed by atoms with Gasteiger partial charge in [-0.25, -0.2) is 4.79 Å². The van der Waals surface area contributed by atoms with E-state index in [0.717, 1.165) is 12.8 Å². The van der Waals surface area contributed by atoms with Crippen molar-refractivity contribution >= 4 is 12.0 Å². The number of hydrogen-bond acceptors (Lipinski definition) is 4. The highest BCUT2D eigenvalue weighted by Gasteiger charge is 2.37. The fraction of sp³-hybridized carbons (Fsp3) is 0.556. The molecule has 0 aliphatic heterocycles. The molecule has 1 aliphatic carbocycles. The molecule has 0 saturated heterocycles. The van der Waals surface area contributed by atoms with E-state index in [0.29, 0.717) is 5.41 Å². The smallest absolute Gasteiger partial charge is 0.357 e. The summed E-state index contributed by atoms with van der Waals surface area (Å²) in [5.41, 5.74) is 0.283. The largest absolute Gasteiger partial charge is 0.476 e. The van der Waals surface area contributed by atoms with Gasteiger partial charge in [0.15, 0.2) is 5.69 Å². The lowest BCUT2D eigenvalue weighted by Gasteiger charge is -2.06. The van der Waals surface area contributed by atoms with Gasteiger partial charge in [-0.3, -0.25) is 0 Å². The Labute approximate surface area is 81.1 Å². The van der Waals surface area contributed by atoms with Gasteiger partial charge in [0, 0.05) is 6.54 Å². The van der Waals surface area contributed by atoms with Crippen molar-refractivity contribution in [3.8, 4) is 0 Å². The van der Waals surface area contributed by atoms with Crippen LogP contribution in [-0.2, 0) is 0 Å². The number of carbonyl (C=O) groups is 1. The van der Waals surface area contributed by atoms with Crippen LogP contribution in [0.1, 0.15) is 30.3 Å². The molecule has 1 saturated carbocycles. The number of carboxylic acids is 1. The van der Waals surface area contributed by atoms with Gasteiger partial charge in [-0.1, -0.05) is 6.92 Å². The Bertz CT molecular complexity index is 355. The lowest BCUT2D eigenvalue weighted by atomic mass is 10.1. The molecule has 0 aromatic carbocycles. The van der Waals surface area contributed by atoms with Crippen LogP contribution in [0.15, 0.2) is 10.7 Å². The average Bonchev–Trinajstić information content (AvgIpc) is 2.68. The number of anilines is 1. The van der Waals surface area contributed by atoms with E-state index < -0.39 is 5.97 Å². The van der Waals surface area contributed by atoms with Gasteiger partial charge in [-0.2, -0.15) is 4.98 Å². The van der Waals surface area contributed by atoms with E-state index in [1.54, 1.807) is 0 Å². The number of hydrogen-bond donors (Lipinski definition) is 2. The molecule has 14 heavy (non-hydrogen) atoms. The molecule has 0 unspecified atom stereocenters. The van der Waals surface area contributed by atoms with E-state index in [1.165, 1.54) is 12.8 Å². The third kappa shape index (κ3) is 1.86. The molecule has 2 N–H and O–H groups in total. The maximum Gasteiger partial charge on any atom is 0.357 e. The number of nitrogens with zero attached hydrogens (tertiary/aromatic N) is 1. The molecule has 5 nitrogen and oxygen atoms in total. The molecule has 5 heteroatoms. The second kappa shape index (κ2) is 3.01. The molecular formula is C9H12N2O3. The maximum atomic E-state index is 10.5. The van der Waals surface area contributed by atoms with Crippen molar-refractivity contribution in [3.05, 3.63) is 12.0 Å². The highest BCUT2D eigenvalue weighted by atomic mass is 16.4. The minimum Gasteiger partial charge on any atom is -0.476 e. The van der Waals surface area contributed by atoms with Gasteiger partial charge < -0.3 is 14.8 Å². The number of carboxylic acid groups (broad SMARTS) is 1. The third-order valence-corrected chi connectivity index (χ3v) is 2.49. The molecule has 0 amide bonds. The number of aromatic carboxylic acids is 1. The van der Waals surface area contributed by atoms with Crippen molar-refractivity contribution in [1.82, 2.24) is 4.98 Å². The van der Waals surface area contributed by atoms with Crippen molar-refractivity contribution in [2.75, 3.05) is 11.9 Å². The van der Waals surface area contributed by atoms with Crippen molar-refractivity contribution in [2.24, 2.45) is 5.41 Å². The number of rotatable bonds is 4. The Kier molecular flexibility index (Phi) is 1.94. The molecule has 1 aromatic heterocycles. The monoisotopic (exact) mass is 196 g/mol. The number of oxazole rings is 1. The predicted octanol–water partition coefficient (Wildman–Crippen LogP) is 1.58. The van der Waals surface area contributed by atoms with E-state index in [1.807, 2.05) is 0 Å². The van der Waals surface area contributed by atoms with Crippen molar-refractivity contribution in [2.45, 2.75) is 19.8 Å². The van der Waals surface area contributed by atoms with E-state index in [4.69, 9.17) is 9.52 Å². The second-order valence-corrected chi connectivity index (χ2v) is 4.01. The van der Waals surface area contributed by atoms with E-state index >= 15 is 0 Å². The lowest BCUT2D eigenvalue weighted by Crippen LogP contribution is -2.12. The number of nitrogens with one attached hydrogen (secondary N) is 1. The molecular weight excluding hydrogens is 184 g/mol. The van der Waals surface area contributed by atoms with Crippen LogP contribution in [0, 0.1) is 5.41 Å². The fourth-order valence-corrected chi connectivity index (χ4v) is 1.13. The van der Waals surface area contributed by atoms with E-state index in [2.05, 4.69) is 17.2 Å². The summed E-state index contributed by atoms with van der Waals surface area (Å²) in [4.78, 5) is 14.2. The summed E-state index contributed by atoms with van der Waals surface area (Å²) in [6.07, 6.45) is 3.54. The molecule has 0 spiro atoms. The van der Waals surface area contributed by atoms with Crippen LogP contribution >= 0.6 is 0 Å². The summed E-state index contributed by atoms with van der Waals surface area (Å²) in [6.45, 7) is 2.95. The maximum absolute atomic E-state index is 10.5. The quantitative estimate of drug-likeness (QED) is 0.764. The van der Waals surface area contributed by atoms with E-state index in [-0.39, 0.29) is 11.7 Å². The molecule has 1 heterocycles. The molecule has 1 aromatic rings. The zero-order valence-electron chi connectivity index (χ0n) is 7.91. The third-order valence-electron chi connectivity index (χ3n) is 2.49. The minimum absolute atomic E-state index is 0.0616. The van der Waals surface area contributed by atoms with Gasteiger partial charge in [-0.15, -0.1) is 0 Å². The standard InChI is InChI=1S/C9H12N2O3/c1-9(2-3-9)5-10-8-11-6(4-14-8)7(12)13/h4H,2-3,5H2,1H3,(H,10,11)(H,12,13). The number of aromatic nitrogens is 1. The summed E-state index contributed by atoms with van der Waals surface area (Å²) in [5, 5.41) is 11.6. The summed E-state index contributed by atoms with van der Waals surface area (Å²) in [5.74, 6) is -1.07. The van der Waals surface area contributed by atoms with Crippen LogP contribution in [-0.4, -0.2) is 22.6 Å². The van der Waals surface area contributed by atoms with Gasteiger partial charge in [-0.05, 0) is 18.3 Å². The Hall–Kier alpha value is -1.52. The first-order valence-electron chi connectivity index (χ1n) is 4.52. The lowest BCUT2D eigenvalue weighted by molar-refractivity contribution is 0.0690. The van der Waals surface area contributed by atoms with Crippen molar-refractivity contribution in [3.63, 3.8) is 0 Å². The highest BCUT2D eigenvalue weighted by molar-refractivity contribution is 5.85.